The predicted octanol–water partition coefficient (Wildman–Crippen LogP) is 8.45. The van der Waals surface area contributed by atoms with Gasteiger partial charge in [-0.3, -0.25) is 4.79 Å². The summed E-state index contributed by atoms with van der Waals surface area (Å²) in [4.78, 5) is 13.3. The van der Waals surface area contributed by atoms with Gasteiger partial charge in [-0.2, -0.15) is 0 Å². The summed E-state index contributed by atoms with van der Waals surface area (Å²) in [5, 5.41) is 11.8. The van der Waals surface area contributed by atoms with Crippen molar-refractivity contribution in [2.24, 2.45) is 34.5 Å². The van der Waals surface area contributed by atoms with Crippen LogP contribution in [0.5, 0.6) is 0 Å². The van der Waals surface area contributed by atoms with Crippen molar-refractivity contribution in [2.45, 2.75) is 143 Å². The number of aliphatic hydroxyl groups is 1. The standard InChI is InChI=1S/C36H64O6Si/c1-24(2)15-14-19-35(9)29-17-16-25(3)28(34(29,8)20-18-30(35)42-43(12,13)33(5,6)7)23-27(32(38)39-11)31(37)26(4)36(10)40-21-22-41-36/h15,26-31,37H,3,14,16-23H2,1-2,4-13H3/t26?,27?,28-,29-,30+,31?,34-,35+/m1/s1. The highest BCUT2D eigenvalue weighted by molar-refractivity contribution is 6.74. The zero-order chi connectivity index (χ0) is 32.6. The van der Waals surface area contributed by atoms with E-state index < -0.39 is 32.0 Å². The first-order valence-corrected chi connectivity index (χ1v) is 19.7. The summed E-state index contributed by atoms with van der Waals surface area (Å²) >= 11 is 0. The number of ether oxygens (including phenoxy) is 3. The van der Waals surface area contributed by atoms with Gasteiger partial charge in [-0.05, 0) is 107 Å². The first kappa shape index (κ1) is 36.5. The molecule has 248 valence electrons. The molecule has 0 aromatic carbocycles. The zero-order valence-electron chi connectivity index (χ0n) is 29.6. The zero-order valence-corrected chi connectivity index (χ0v) is 30.6. The lowest BCUT2D eigenvalue weighted by Gasteiger charge is -2.63. The van der Waals surface area contributed by atoms with Crippen molar-refractivity contribution in [3.8, 4) is 0 Å². The molecule has 0 aromatic rings. The fourth-order valence-corrected chi connectivity index (χ4v) is 9.82. The molecule has 2 aliphatic carbocycles. The first-order chi connectivity index (χ1) is 19.7. The molecule has 3 fully saturated rings. The second-order valence-corrected chi connectivity index (χ2v) is 21.2. The van der Waals surface area contributed by atoms with E-state index in [0.717, 1.165) is 38.5 Å². The smallest absolute Gasteiger partial charge is 0.311 e. The van der Waals surface area contributed by atoms with E-state index in [1.54, 1.807) is 0 Å². The van der Waals surface area contributed by atoms with Gasteiger partial charge in [-0.1, -0.05) is 65.3 Å². The molecular formula is C36H64O6Si. The number of fused-ring (bicyclic) bond motifs is 1. The summed E-state index contributed by atoms with van der Waals surface area (Å²) in [6.07, 6.45) is 8.25. The van der Waals surface area contributed by atoms with Gasteiger partial charge in [0.25, 0.3) is 0 Å². The Labute approximate surface area is 264 Å². The Morgan fingerprint density at radius 3 is 2.30 bits per heavy atom. The number of allylic oxidation sites excluding steroid dienone is 3. The number of carbonyl (C=O) groups excluding carboxylic acids is 1. The summed E-state index contributed by atoms with van der Waals surface area (Å²) < 4.78 is 24.4. The Morgan fingerprint density at radius 2 is 1.77 bits per heavy atom. The Bertz CT molecular complexity index is 1020. The van der Waals surface area contributed by atoms with Gasteiger partial charge in [0, 0.05) is 5.92 Å². The molecule has 0 radical (unpaired) electrons. The van der Waals surface area contributed by atoms with Crippen LogP contribution >= 0.6 is 0 Å². The van der Waals surface area contributed by atoms with Crippen LogP contribution in [0.1, 0.15) is 107 Å². The molecule has 7 heteroatoms. The third-order valence-corrected chi connectivity index (χ3v) is 16.9. The molecule has 3 unspecified atom stereocenters. The highest BCUT2D eigenvalue weighted by Gasteiger charge is 2.60. The minimum absolute atomic E-state index is 0.0148. The molecule has 3 rings (SSSR count). The van der Waals surface area contributed by atoms with Crippen molar-refractivity contribution < 1.29 is 28.5 Å². The maximum Gasteiger partial charge on any atom is 0.311 e. The van der Waals surface area contributed by atoms with Crippen molar-refractivity contribution in [1.29, 1.82) is 0 Å². The molecule has 6 nitrogen and oxygen atoms in total. The van der Waals surface area contributed by atoms with E-state index in [1.807, 2.05) is 13.8 Å². The monoisotopic (exact) mass is 620 g/mol. The molecule has 0 aromatic heterocycles. The second kappa shape index (κ2) is 13.4. The van der Waals surface area contributed by atoms with Crippen molar-refractivity contribution in [3.63, 3.8) is 0 Å². The van der Waals surface area contributed by atoms with Crippen LogP contribution in [0.3, 0.4) is 0 Å². The second-order valence-electron chi connectivity index (χ2n) is 16.4. The van der Waals surface area contributed by atoms with E-state index in [4.69, 9.17) is 18.6 Å². The Hall–Kier alpha value is -0.993. The minimum Gasteiger partial charge on any atom is -0.469 e. The van der Waals surface area contributed by atoms with E-state index in [0.29, 0.717) is 25.6 Å². The average molecular weight is 621 g/mol. The summed E-state index contributed by atoms with van der Waals surface area (Å²) in [6.45, 7) is 30.4. The third kappa shape index (κ3) is 7.37. The lowest BCUT2D eigenvalue weighted by molar-refractivity contribution is -0.209. The maximum atomic E-state index is 13.3. The summed E-state index contributed by atoms with van der Waals surface area (Å²) in [5.74, 6) is -1.89. The van der Waals surface area contributed by atoms with Gasteiger partial charge in [0.15, 0.2) is 14.1 Å². The van der Waals surface area contributed by atoms with E-state index in [1.165, 1.54) is 18.3 Å². The fraction of sp³-hybridized carbons (Fsp3) is 0.861. The molecule has 1 N–H and O–H groups in total. The molecule has 3 aliphatic rings. The number of esters is 1. The summed E-state index contributed by atoms with van der Waals surface area (Å²) in [7, 11) is -0.581. The van der Waals surface area contributed by atoms with Crippen LogP contribution in [0.15, 0.2) is 23.8 Å². The Balaban J connectivity index is 1.99. The molecule has 43 heavy (non-hydrogen) atoms. The quantitative estimate of drug-likeness (QED) is 0.142. The number of aliphatic hydroxyl groups excluding tert-OH is 1. The van der Waals surface area contributed by atoms with Crippen LogP contribution in [0, 0.1) is 34.5 Å². The van der Waals surface area contributed by atoms with Gasteiger partial charge in [0.05, 0.1) is 38.4 Å². The molecule has 8 atom stereocenters. The van der Waals surface area contributed by atoms with Crippen molar-refractivity contribution in [1.82, 2.24) is 0 Å². The SMILES string of the molecule is C=C1CC[C@H]2[C@](C)(CCC=C(C)C)[C@@H](O[Si](C)(C)C(C)(C)C)CC[C@]2(C)[C@@H]1CC(C(=O)OC)C(O)C(C)C1(C)OCCO1. The third-order valence-electron chi connectivity index (χ3n) is 12.4. The van der Waals surface area contributed by atoms with Crippen LogP contribution in [0.2, 0.25) is 18.1 Å². The van der Waals surface area contributed by atoms with Gasteiger partial charge >= 0.3 is 5.97 Å². The number of rotatable bonds is 11. The molecule has 0 amide bonds. The molecule has 0 spiro atoms. The van der Waals surface area contributed by atoms with Gasteiger partial charge in [0.1, 0.15) is 0 Å². The Kier molecular flexibility index (Phi) is 11.4. The average Bonchev–Trinajstić information content (AvgIpc) is 3.35. The maximum absolute atomic E-state index is 13.3. The molecule has 0 bridgehead atoms. The Morgan fingerprint density at radius 1 is 1.16 bits per heavy atom. The highest BCUT2D eigenvalue weighted by Crippen LogP contribution is 2.64. The normalized spacial score (nSPS) is 33.3. The number of hydrogen-bond acceptors (Lipinski definition) is 6. The molecule has 1 aliphatic heterocycles. The number of hydrogen-bond donors (Lipinski definition) is 1. The van der Waals surface area contributed by atoms with E-state index in [2.05, 4.69) is 74.2 Å². The molecule has 1 saturated heterocycles. The van der Waals surface area contributed by atoms with Gasteiger partial charge in [-0.25, -0.2) is 0 Å². The fourth-order valence-electron chi connectivity index (χ4n) is 8.37. The molecule has 2 saturated carbocycles. The molecule has 1 heterocycles. The van der Waals surface area contributed by atoms with Gasteiger partial charge in [0.2, 0.25) is 0 Å². The van der Waals surface area contributed by atoms with Crippen LogP contribution in [0.25, 0.3) is 0 Å². The van der Waals surface area contributed by atoms with Crippen molar-refractivity contribution in [3.05, 3.63) is 23.8 Å². The van der Waals surface area contributed by atoms with Crippen molar-refractivity contribution >= 4 is 14.3 Å². The van der Waals surface area contributed by atoms with Crippen LogP contribution in [-0.2, 0) is 23.4 Å². The summed E-state index contributed by atoms with van der Waals surface area (Å²) in [5.41, 5.74) is 2.47. The molecular weight excluding hydrogens is 556 g/mol. The van der Waals surface area contributed by atoms with Crippen molar-refractivity contribution in [2.75, 3.05) is 20.3 Å². The van der Waals surface area contributed by atoms with Crippen LogP contribution in [0.4, 0.5) is 0 Å². The van der Waals surface area contributed by atoms with Crippen LogP contribution in [-0.4, -0.2) is 57.7 Å². The van der Waals surface area contributed by atoms with E-state index in [9.17, 15) is 9.90 Å². The lowest BCUT2D eigenvalue weighted by atomic mass is 9.45. The largest absolute Gasteiger partial charge is 0.469 e. The topological polar surface area (TPSA) is 74.2 Å². The number of methoxy groups -OCH3 is 1. The van der Waals surface area contributed by atoms with E-state index in [-0.39, 0.29) is 33.9 Å². The van der Waals surface area contributed by atoms with Crippen LogP contribution < -0.4 is 0 Å². The highest BCUT2D eigenvalue weighted by atomic mass is 28.4. The minimum atomic E-state index is -2.00. The van der Waals surface area contributed by atoms with Gasteiger partial charge in [-0.15, -0.1) is 0 Å². The van der Waals surface area contributed by atoms with Gasteiger partial charge < -0.3 is 23.7 Å². The predicted molar refractivity (Wildman–Crippen MR) is 177 cm³/mol. The summed E-state index contributed by atoms with van der Waals surface area (Å²) in [6, 6.07) is 0. The first-order valence-electron chi connectivity index (χ1n) is 16.8. The number of carbonyl (C=O) groups is 1. The lowest BCUT2D eigenvalue weighted by Crippen LogP contribution is -2.59. The van der Waals surface area contributed by atoms with E-state index >= 15 is 0 Å².